The van der Waals surface area contributed by atoms with Crippen molar-refractivity contribution in [3.05, 3.63) is 106 Å². The third-order valence-electron chi connectivity index (χ3n) is 7.31. The van der Waals surface area contributed by atoms with Gasteiger partial charge in [-0.2, -0.15) is 0 Å². The normalized spacial score (nSPS) is 21.4. The van der Waals surface area contributed by atoms with Crippen LogP contribution in [0.25, 0.3) is 6.08 Å². The summed E-state index contributed by atoms with van der Waals surface area (Å²) in [6.45, 7) is 3.42. The molecule has 160 valence electrons. The lowest BCUT2D eigenvalue weighted by Crippen LogP contribution is -2.36. The quantitative estimate of drug-likeness (QED) is 0.394. The second kappa shape index (κ2) is 8.07. The van der Waals surface area contributed by atoms with Gasteiger partial charge in [0.25, 0.3) is 0 Å². The lowest BCUT2D eigenvalue weighted by Gasteiger charge is -2.40. The highest BCUT2D eigenvalue weighted by atomic mass is 16.5. The standard InChI is InChI=1S/C29H27NO2/c31-29(14-7-20-5-9-22(10-6-20)30-15-17-32-18-16-30)21-8-11-26-25-12-13-27(28(26)19-21)24-4-2-1-3-23(24)25/h1-11,14,19,25,27H,12-13,15-18H2. The summed E-state index contributed by atoms with van der Waals surface area (Å²) in [5.41, 5.74) is 8.75. The van der Waals surface area contributed by atoms with E-state index in [0.29, 0.717) is 11.8 Å². The van der Waals surface area contributed by atoms with Crippen molar-refractivity contribution in [2.45, 2.75) is 24.7 Å². The molecule has 7 rings (SSSR count). The van der Waals surface area contributed by atoms with Crippen LogP contribution in [0.3, 0.4) is 0 Å². The van der Waals surface area contributed by atoms with Crippen LogP contribution in [0.5, 0.6) is 0 Å². The zero-order valence-electron chi connectivity index (χ0n) is 18.2. The largest absolute Gasteiger partial charge is 0.378 e. The van der Waals surface area contributed by atoms with Gasteiger partial charge in [-0.3, -0.25) is 4.79 Å². The summed E-state index contributed by atoms with van der Waals surface area (Å²) in [4.78, 5) is 15.3. The van der Waals surface area contributed by atoms with Crippen LogP contribution in [-0.4, -0.2) is 32.1 Å². The van der Waals surface area contributed by atoms with E-state index >= 15 is 0 Å². The van der Waals surface area contributed by atoms with Crippen molar-refractivity contribution < 1.29 is 9.53 Å². The average Bonchev–Trinajstić information content (AvgIpc) is 2.88. The number of nitrogens with zero attached hydrogens (tertiary/aromatic N) is 1. The molecular weight excluding hydrogens is 394 g/mol. The number of morpholine rings is 1. The van der Waals surface area contributed by atoms with Crippen molar-refractivity contribution in [1.82, 2.24) is 0 Å². The molecule has 1 heterocycles. The molecule has 0 radical (unpaired) electrons. The first-order valence-electron chi connectivity index (χ1n) is 11.7. The number of hydrogen-bond acceptors (Lipinski definition) is 3. The molecule has 1 aliphatic heterocycles. The Hall–Kier alpha value is -3.17. The Balaban J connectivity index is 1.21. The molecule has 0 aromatic heterocycles. The van der Waals surface area contributed by atoms with Gasteiger partial charge in [-0.05, 0) is 64.9 Å². The summed E-state index contributed by atoms with van der Waals surface area (Å²) < 4.78 is 5.43. The first-order valence-corrected chi connectivity index (χ1v) is 11.7. The fourth-order valence-electron chi connectivity index (χ4n) is 5.67. The van der Waals surface area contributed by atoms with E-state index < -0.39 is 0 Å². The molecule has 3 aromatic carbocycles. The van der Waals surface area contributed by atoms with Crippen molar-refractivity contribution in [3.63, 3.8) is 0 Å². The lowest BCUT2D eigenvalue weighted by molar-refractivity contribution is 0.104. The van der Waals surface area contributed by atoms with Gasteiger partial charge < -0.3 is 9.64 Å². The highest BCUT2D eigenvalue weighted by Gasteiger charge is 2.37. The summed E-state index contributed by atoms with van der Waals surface area (Å²) >= 11 is 0. The number of hydrogen-bond donors (Lipinski definition) is 0. The van der Waals surface area contributed by atoms with Gasteiger partial charge in [0.1, 0.15) is 0 Å². The molecule has 2 unspecified atom stereocenters. The fraction of sp³-hybridized carbons (Fsp3) is 0.276. The van der Waals surface area contributed by atoms with Gasteiger partial charge in [0, 0.05) is 36.2 Å². The lowest BCUT2D eigenvalue weighted by atomic mass is 9.63. The molecule has 0 saturated carbocycles. The Morgan fingerprint density at radius 2 is 1.47 bits per heavy atom. The second-order valence-corrected chi connectivity index (χ2v) is 9.04. The van der Waals surface area contributed by atoms with E-state index in [9.17, 15) is 4.79 Å². The van der Waals surface area contributed by atoms with Gasteiger partial charge in [0.2, 0.25) is 0 Å². The first kappa shape index (κ1) is 19.5. The molecule has 3 aromatic rings. The molecule has 2 atom stereocenters. The summed E-state index contributed by atoms with van der Waals surface area (Å²) in [5.74, 6) is 0.978. The number of carbonyl (C=O) groups is 1. The SMILES string of the molecule is O=C(C=Cc1ccc(N2CCOCC2)cc1)c1ccc2c(c1)C1CCC2c2ccccc21. The maximum absolute atomic E-state index is 13.0. The number of anilines is 1. The first-order chi connectivity index (χ1) is 15.8. The number of allylic oxidation sites excluding steroid dienone is 1. The topological polar surface area (TPSA) is 29.5 Å². The van der Waals surface area contributed by atoms with Crippen molar-refractivity contribution in [1.29, 1.82) is 0 Å². The molecule has 1 fully saturated rings. The minimum absolute atomic E-state index is 0.0692. The van der Waals surface area contributed by atoms with Crippen LogP contribution in [-0.2, 0) is 4.74 Å². The van der Waals surface area contributed by atoms with Gasteiger partial charge in [-0.25, -0.2) is 0 Å². The number of benzene rings is 3. The van der Waals surface area contributed by atoms with E-state index in [4.69, 9.17) is 4.74 Å². The van der Waals surface area contributed by atoms with E-state index in [2.05, 4.69) is 65.6 Å². The van der Waals surface area contributed by atoms with E-state index in [1.54, 1.807) is 6.08 Å². The second-order valence-electron chi connectivity index (χ2n) is 9.04. The monoisotopic (exact) mass is 421 g/mol. The Morgan fingerprint density at radius 3 is 2.19 bits per heavy atom. The molecule has 0 spiro atoms. The van der Waals surface area contributed by atoms with Crippen LogP contribution < -0.4 is 4.90 Å². The zero-order chi connectivity index (χ0) is 21.5. The highest BCUT2D eigenvalue weighted by Crippen LogP contribution is 2.52. The number of rotatable bonds is 4. The molecule has 0 N–H and O–H groups in total. The van der Waals surface area contributed by atoms with E-state index in [-0.39, 0.29) is 5.78 Å². The maximum atomic E-state index is 13.0. The van der Waals surface area contributed by atoms with Crippen LogP contribution in [0.2, 0.25) is 0 Å². The predicted octanol–water partition coefficient (Wildman–Crippen LogP) is 5.79. The molecule has 4 aliphatic rings. The summed E-state index contributed by atoms with van der Waals surface area (Å²) in [5, 5.41) is 0. The number of ether oxygens (including phenoxy) is 1. The average molecular weight is 422 g/mol. The van der Waals surface area contributed by atoms with Gasteiger partial charge in [0.15, 0.2) is 5.78 Å². The van der Waals surface area contributed by atoms with E-state index in [1.807, 2.05) is 12.1 Å². The minimum Gasteiger partial charge on any atom is -0.378 e. The van der Waals surface area contributed by atoms with Gasteiger partial charge in [-0.1, -0.05) is 54.6 Å². The molecule has 2 bridgehead atoms. The molecule has 32 heavy (non-hydrogen) atoms. The van der Waals surface area contributed by atoms with Gasteiger partial charge in [-0.15, -0.1) is 0 Å². The molecule has 1 saturated heterocycles. The highest BCUT2D eigenvalue weighted by molar-refractivity contribution is 6.07. The zero-order valence-corrected chi connectivity index (χ0v) is 18.2. The van der Waals surface area contributed by atoms with Gasteiger partial charge >= 0.3 is 0 Å². The molecule has 0 amide bonds. The fourth-order valence-corrected chi connectivity index (χ4v) is 5.67. The predicted molar refractivity (Wildman–Crippen MR) is 129 cm³/mol. The Labute approximate surface area is 189 Å². The Morgan fingerprint density at radius 1 is 0.812 bits per heavy atom. The molecular formula is C29H27NO2. The number of fused-ring (bicyclic) bond motifs is 1. The van der Waals surface area contributed by atoms with Gasteiger partial charge in [0.05, 0.1) is 13.2 Å². The third kappa shape index (κ3) is 3.37. The molecule has 3 heteroatoms. The molecule has 3 aliphatic carbocycles. The van der Waals surface area contributed by atoms with Crippen molar-refractivity contribution in [2.75, 3.05) is 31.2 Å². The number of carbonyl (C=O) groups excluding carboxylic acids is 1. The molecule has 3 nitrogen and oxygen atoms in total. The Bertz CT molecular complexity index is 1190. The number of ketones is 1. The summed E-state index contributed by atoms with van der Waals surface area (Å²) in [6.07, 6.45) is 6.02. The third-order valence-corrected chi connectivity index (χ3v) is 7.31. The van der Waals surface area contributed by atoms with Crippen LogP contribution >= 0.6 is 0 Å². The van der Waals surface area contributed by atoms with Crippen LogP contribution in [0.15, 0.2) is 72.8 Å². The summed E-state index contributed by atoms with van der Waals surface area (Å²) in [7, 11) is 0. The maximum Gasteiger partial charge on any atom is 0.185 e. The minimum atomic E-state index is 0.0692. The van der Waals surface area contributed by atoms with E-state index in [1.165, 1.54) is 40.8 Å². The van der Waals surface area contributed by atoms with Crippen molar-refractivity contribution >= 4 is 17.5 Å². The van der Waals surface area contributed by atoms with Crippen LogP contribution in [0, 0.1) is 0 Å². The Kier molecular flexibility index (Phi) is 4.92. The van der Waals surface area contributed by atoms with Crippen molar-refractivity contribution in [2.24, 2.45) is 0 Å². The van der Waals surface area contributed by atoms with E-state index in [0.717, 1.165) is 37.4 Å². The van der Waals surface area contributed by atoms with Crippen LogP contribution in [0.1, 0.15) is 62.9 Å². The smallest absolute Gasteiger partial charge is 0.185 e. The van der Waals surface area contributed by atoms with Crippen molar-refractivity contribution in [3.8, 4) is 0 Å². The summed E-state index contributed by atoms with van der Waals surface area (Å²) in [6, 6.07) is 23.6. The van der Waals surface area contributed by atoms with Crippen LogP contribution in [0.4, 0.5) is 5.69 Å².